The van der Waals surface area contributed by atoms with Gasteiger partial charge in [-0.05, 0) is 44.3 Å². The van der Waals surface area contributed by atoms with Crippen LogP contribution in [0.5, 0.6) is 0 Å². The summed E-state index contributed by atoms with van der Waals surface area (Å²) in [4.78, 5) is 10.5. The van der Waals surface area contributed by atoms with E-state index in [0.717, 1.165) is 43.7 Å². The molecule has 1 aliphatic heterocycles. The first-order valence-corrected chi connectivity index (χ1v) is 6.98. The Kier molecular flexibility index (Phi) is 4.78. The van der Waals surface area contributed by atoms with E-state index in [4.69, 9.17) is 28.9 Å². The van der Waals surface area contributed by atoms with Gasteiger partial charge in [-0.15, -0.1) is 0 Å². The summed E-state index contributed by atoms with van der Waals surface area (Å²) < 4.78 is 0. The van der Waals surface area contributed by atoms with Gasteiger partial charge in [0, 0.05) is 30.4 Å². The van der Waals surface area contributed by atoms with Gasteiger partial charge in [0.05, 0.1) is 0 Å². The standard InChI is InChI=1S/C12H18Cl2N4/c1-8-10(11(13)17-12(14)16-8)4-6-18-5-2-3-9(15)7-18/h9H,2-7,15H2,1H3/t9-/m1/s1. The smallest absolute Gasteiger partial charge is 0.224 e. The van der Waals surface area contributed by atoms with E-state index in [1.165, 1.54) is 6.42 Å². The second kappa shape index (κ2) is 6.15. The first kappa shape index (κ1) is 14.0. The molecule has 0 aliphatic carbocycles. The molecule has 0 saturated carbocycles. The number of nitrogens with two attached hydrogens (primary N) is 1. The number of hydrogen-bond acceptors (Lipinski definition) is 4. The van der Waals surface area contributed by atoms with Crippen LogP contribution in [-0.2, 0) is 6.42 Å². The maximum atomic E-state index is 6.10. The summed E-state index contributed by atoms with van der Waals surface area (Å²) >= 11 is 11.9. The monoisotopic (exact) mass is 288 g/mol. The zero-order valence-corrected chi connectivity index (χ0v) is 12.0. The molecule has 1 atom stereocenters. The summed E-state index contributed by atoms with van der Waals surface area (Å²) in [5, 5.41) is 0.676. The third-order valence-corrected chi connectivity index (χ3v) is 3.84. The van der Waals surface area contributed by atoms with Gasteiger partial charge in [0.1, 0.15) is 5.15 Å². The van der Waals surface area contributed by atoms with E-state index in [0.29, 0.717) is 11.2 Å². The zero-order valence-electron chi connectivity index (χ0n) is 10.5. The molecule has 4 nitrogen and oxygen atoms in total. The van der Waals surface area contributed by atoms with Crippen molar-refractivity contribution in [1.82, 2.24) is 14.9 Å². The van der Waals surface area contributed by atoms with Crippen molar-refractivity contribution in [3.63, 3.8) is 0 Å². The van der Waals surface area contributed by atoms with Crippen molar-refractivity contribution in [2.45, 2.75) is 32.2 Å². The molecular formula is C12H18Cl2N4. The number of hydrogen-bond donors (Lipinski definition) is 1. The molecule has 1 aromatic heterocycles. The molecular weight excluding hydrogens is 271 g/mol. The third kappa shape index (κ3) is 3.54. The van der Waals surface area contributed by atoms with Crippen LogP contribution in [-0.4, -0.2) is 40.5 Å². The van der Waals surface area contributed by atoms with E-state index >= 15 is 0 Å². The van der Waals surface area contributed by atoms with Crippen molar-refractivity contribution < 1.29 is 0 Å². The van der Waals surface area contributed by atoms with Crippen LogP contribution < -0.4 is 5.73 Å². The summed E-state index contributed by atoms with van der Waals surface area (Å²) in [6.07, 6.45) is 3.14. The molecule has 6 heteroatoms. The molecule has 0 bridgehead atoms. The number of aromatic nitrogens is 2. The molecule has 0 spiro atoms. The van der Waals surface area contributed by atoms with Crippen LogP contribution in [0.1, 0.15) is 24.1 Å². The zero-order chi connectivity index (χ0) is 13.1. The Morgan fingerprint density at radius 1 is 1.39 bits per heavy atom. The first-order chi connectivity index (χ1) is 8.56. The minimum Gasteiger partial charge on any atom is -0.327 e. The minimum absolute atomic E-state index is 0.209. The predicted octanol–water partition coefficient (Wildman–Crippen LogP) is 2.06. The van der Waals surface area contributed by atoms with Gasteiger partial charge in [0.2, 0.25) is 5.28 Å². The molecule has 1 fully saturated rings. The van der Waals surface area contributed by atoms with Crippen LogP contribution in [0.4, 0.5) is 0 Å². The van der Waals surface area contributed by atoms with Crippen LogP contribution >= 0.6 is 23.2 Å². The van der Waals surface area contributed by atoms with Gasteiger partial charge in [-0.25, -0.2) is 9.97 Å². The van der Waals surface area contributed by atoms with Crippen molar-refractivity contribution in [3.05, 3.63) is 21.7 Å². The van der Waals surface area contributed by atoms with Crippen LogP contribution in [0, 0.1) is 6.92 Å². The minimum atomic E-state index is 0.209. The van der Waals surface area contributed by atoms with Crippen molar-refractivity contribution in [2.24, 2.45) is 5.73 Å². The Morgan fingerprint density at radius 3 is 2.83 bits per heavy atom. The topological polar surface area (TPSA) is 55.0 Å². The highest BCUT2D eigenvalue weighted by atomic mass is 35.5. The van der Waals surface area contributed by atoms with Crippen molar-refractivity contribution in [2.75, 3.05) is 19.6 Å². The fourth-order valence-electron chi connectivity index (χ4n) is 2.38. The van der Waals surface area contributed by atoms with Crippen LogP contribution in [0.3, 0.4) is 0 Å². The van der Waals surface area contributed by atoms with Crippen molar-refractivity contribution >= 4 is 23.2 Å². The van der Waals surface area contributed by atoms with E-state index in [9.17, 15) is 0 Å². The molecule has 2 N–H and O–H groups in total. The summed E-state index contributed by atoms with van der Waals surface area (Å²) in [5.74, 6) is 0. The predicted molar refractivity (Wildman–Crippen MR) is 74.1 cm³/mol. The van der Waals surface area contributed by atoms with Crippen LogP contribution in [0.25, 0.3) is 0 Å². The molecule has 18 heavy (non-hydrogen) atoms. The molecule has 0 unspecified atom stereocenters. The lowest BCUT2D eigenvalue weighted by Gasteiger charge is -2.30. The second-order valence-electron chi connectivity index (χ2n) is 4.80. The number of halogens is 2. The Hall–Kier alpha value is -0.420. The summed E-state index contributed by atoms with van der Waals surface area (Å²) in [5.41, 5.74) is 7.81. The molecule has 2 rings (SSSR count). The van der Waals surface area contributed by atoms with Crippen molar-refractivity contribution in [1.29, 1.82) is 0 Å². The summed E-state index contributed by atoms with van der Waals surface area (Å²) in [6.45, 7) is 4.93. The van der Waals surface area contributed by atoms with E-state index in [-0.39, 0.29) is 5.28 Å². The van der Waals surface area contributed by atoms with E-state index < -0.39 is 0 Å². The van der Waals surface area contributed by atoms with Crippen LogP contribution in [0.15, 0.2) is 0 Å². The Labute approximate surface area is 117 Å². The van der Waals surface area contributed by atoms with Crippen molar-refractivity contribution in [3.8, 4) is 0 Å². The third-order valence-electron chi connectivity index (χ3n) is 3.36. The molecule has 100 valence electrons. The Morgan fingerprint density at radius 2 is 2.17 bits per heavy atom. The van der Waals surface area contributed by atoms with Gasteiger partial charge in [-0.2, -0.15) is 0 Å². The van der Waals surface area contributed by atoms with Crippen LogP contribution in [0.2, 0.25) is 10.4 Å². The van der Waals surface area contributed by atoms with E-state index in [1.54, 1.807) is 0 Å². The van der Waals surface area contributed by atoms with Gasteiger partial charge in [0.25, 0.3) is 0 Å². The highest BCUT2D eigenvalue weighted by Gasteiger charge is 2.17. The maximum absolute atomic E-state index is 6.10. The number of aryl methyl sites for hydroxylation is 1. The number of rotatable bonds is 3. The fraction of sp³-hybridized carbons (Fsp3) is 0.667. The quantitative estimate of drug-likeness (QED) is 0.683. The van der Waals surface area contributed by atoms with Gasteiger partial charge in [0.15, 0.2) is 0 Å². The number of piperidine rings is 1. The maximum Gasteiger partial charge on any atom is 0.224 e. The summed E-state index contributed by atoms with van der Waals surface area (Å²) in [7, 11) is 0. The average Bonchev–Trinajstić information content (AvgIpc) is 2.27. The van der Waals surface area contributed by atoms with Gasteiger partial charge in [-0.3, -0.25) is 0 Å². The summed E-state index contributed by atoms with van der Waals surface area (Å²) in [6, 6.07) is 0.303. The Bertz CT molecular complexity index is 402. The highest BCUT2D eigenvalue weighted by molar-refractivity contribution is 6.32. The lowest BCUT2D eigenvalue weighted by Crippen LogP contribution is -2.43. The molecule has 0 aromatic carbocycles. The highest BCUT2D eigenvalue weighted by Crippen LogP contribution is 2.20. The second-order valence-corrected chi connectivity index (χ2v) is 5.50. The normalized spacial score (nSPS) is 21.2. The first-order valence-electron chi connectivity index (χ1n) is 6.22. The molecule has 1 saturated heterocycles. The van der Waals surface area contributed by atoms with Gasteiger partial charge >= 0.3 is 0 Å². The Balaban J connectivity index is 1.97. The largest absolute Gasteiger partial charge is 0.327 e. The number of likely N-dealkylation sites (tertiary alicyclic amines) is 1. The number of nitrogens with zero attached hydrogens (tertiary/aromatic N) is 3. The van der Waals surface area contributed by atoms with E-state index in [2.05, 4.69) is 14.9 Å². The lowest BCUT2D eigenvalue weighted by atomic mass is 10.1. The fourth-order valence-corrected chi connectivity index (χ4v) is 2.94. The van der Waals surface area contributed by atoms with E-state index in [1.807, 2.05) is 6.92 Å². The SMILES string of the molecule is Cc1nc(Cl)nc(Cl)c1CCN1CCC[C@@H](N)C1. The average molecular weight is 289 g/mol. The van der Waals surface area contributed by atoms with Gasteiger partial charge in [-0.1, -0.05) is 11.6 Å². The lowest BCUT2D eigenvalue weighted by molar-refractivity contribution is 0.211. The molecule has 0 radical (unpaired) electrons. The molecule has 1 aliphatic rings. The van der Waals surface area contributed by atoms with Gasteiger partial charge < -0.3 is 10.6 Å². The molecule has 1 aromatic rings. The molecule has 2 heterocycles. The molecule has 0 amide bonds.